The molecule has 0 bridgehead atoms. The Labute approximate surface area is 176 Å². The Balaban J connectivity index is 1.65. The van der Waals surface area contributed by atoms with Crippen LogP contribution in [0.1, 0.15) is 22.3 Å². The van der Waals surface area contributed by atoms with Crippen molar-refractivity contribution in [3.8, 4) is 16.9 Å². The number of para-hydroxylation sites is 1. The zero-order valence-electron chi connectivity index (χ0n) is 16.5. The summed E-state index contributed by atoms with van der Waals surface area (Å²) in [6.07, 6.45) is -5.33. The maximum Gasteiger partial charge on any atom is 0.421 e. The third-order valence-electron chi connectivity index (χ3n) is 5.87. The molecule has 0 saturated carbocycles. The lowest BCUT2D eigenvalue weighted by molar-refractivity contribution is -0.167. The van der Waals surface area contributed by atoms with Crippen molar-refractivity contribution in [2.75, 3.05) is 12.1 Å². The number of methoxy groups -OCH3 is 1. The van der Waals surface area contributed by atoms with Gasteiger partial charge in [0.1, 0.15) is 5.75 Å². The molecule has 2 heterocycles. The van der Waals surface area contributed by atoms with Crippen molar-refractivity contribution >= 4 is 17.2 Å². The van der Waals surface area contributed by atoms with Gasteiger partial charge >= 0.3 is 6.18 Å². The Bertz CT molecular complexity index is 1220. The van der Waals surface area contributed by atoms with Crippen molar-refractivity contribution in [3.63, 3.8) is 0 Å². The monoisotopic (exact) mass is 422 g/mol. The number of ketones is 1. The molecule has 0 spiro atoms. The molecular formula is C24H17F3N2O2. The number of carbonyl (C=O) groups excluding carboxylic acids is 1. The maximum atomic E-state index is 14.4. The molecule has 0 fully saturated rings. The molecular weight excluding hydrogens is 405 g/mol. The normalized spacial score (nSPS) is 19.8. The largest absolute Gasteiger partial charge is 0.497 e. The van der Waals surface area contributed by atoms with Crippen LogP contribution in [0.2, 0.25) is 0 Å². The fourth-order valence-electron chi connectivity index (χ4n) is 4.32. The standard InChI is InChI=1S/C24H17F3N2O2/c1-31-16-12-10-15(11-13-16)17-6-2-3-7-18(17)20-14-23(24(25,26)27)22(30)19-8-4-5-9-21(19)29(23)28-20/h2-13H,14H2,1H3. The topological polar surface area (TPSA) is 41.9 Å². The minimum atomic E-state index is -4.79. The first kappa shape index (κ1) is 19.4. The van der Waals surface area contributed by atoms with E-state index in [1.54, 1.807) is 43.5 Å². The first-order chi connectivity index (χ1) is 14.9. The van der Waals surface area contributed by atoms with Crippen LogP contribution < -0.4 is 9.75 Å². The molecule has 2 aliphatic rings. The Morgan fingerprint density at radius 3 is 2.16 bits per heavy atom. The second kappa shape index (κ2) is 6.70. The smallest absolute Gasteiger partial charge is 0.421 e. The van der Waals surface area contributed by atoms with Crippen LogP contribution >= 0.6 is 0 Å². The van der Waals surface area contributed by atoms with Gasteiger partial charge in [0.15, 0.2) is 0 Å². The summed E-state index contributed by atoms with van der Waals surface area (Å²) in [6.45, 7) is 0. The zero-order chi connectivity index (χ0) is 21.8. The number of anilines is 1. The van der Waals surface area contributed by atoms with Crippen LogP contribution in [0.15, 0.2) is 77.9 Å². The van der Waals surface area contributed by atoms with Gasteiger partial charge in [-0.25, -0.2) is 5.01 Å². The number of hydrogen-bond acceptors (Lipinski definition) is 4. The molecule has 0 radical (unpaired) electrons. The van der Waals surface area contributed by atoms with E-state index in [2.05, 4.69) is 5.10 Å². The number of hydrazone groups is 1. The average molecular weight is 422 g/mol. The van der Waals surface area contributed by atoms with Gasteiger partial charge in [-0.05, 0) is 35.4 Å². The molecule has 0 aliphatic carbocycles. The Kier molecular flexibility index (Phi) is 4.18. The van der Waals surface area contributed by atoms with E-state index in [9.17, 15) is 18.0 Å². The minimum Gasteiger partial charge on any atom is -0.497 e. The summed E-state index contributed by atoms with van der Waals surface area (Å²) in [4.78, 5) is 13.0. The predicted molar refractivity (Wildman–Crippen MR) is 112 cm³/mol. The Morgan fingerprint density at radius 2 is 1.52 bits per heavy atom. The van der Waals surface area contributed by atoms with Gasteiger partial charge in [0.05, 0.1) is 18.5 Å². The number of alkyl halides is 3. The second-order valence-corrected chi connectivity index (χ2v) is 7.51. The Hall–Kier alpha value is -3.61. The lowest BCUT2D eigenvalue weighted by atomic mass is 9.84. The van der Waals surface area contributed by atoms with E-state index in [1.807, 2.05) is 24.3 Å². The number of benzene rings is 3. The predicted octanol–water partition coefficient (Wildman–Crippen LogP) is 5.47. The highest BCUT2D eigenvalue weighted by molar-refractivity contribution is 6.21. The van der Waals surface area contributed by atoms with Gasteiger partial charge < -0.3 is 4.74 Å². The van der Waals surface area contributed by atoms with Crippen LogP contribution in [0.25, 0.3) is 11.1 Å². The van der Waals surface area contributed by atoms with Crippen LogP contribution in [0.4, 0.5) is 18.9 Å². The van der Waals surface area contributed by atoms with Crippen molar-refractivity contribution in [1.82, 2.24) is 0 Å². The van der Waals surface area contributed by atoms with Gasteiger partial charge in [-0.15, -0.1) is 0 Å². The van der Waals surface area contributed by atoms with Gasteiger partial charge in [0.2, 0.25) is 11.3 Å². The number of carbonyl (C=O) groups is 1. The number of rotatable bonds is 3. The summed E-state index contributed by atoms with van der Waals surface area (Å²) < 4.78 is 48.3. The maximum absolute atomic E-state index is 14.4. The third-order valence-corrected chi connectivity index (χ3v) is 5.87. The molecule has 0 N–H and O–H groups in total. The van der Waals surface area contributed by atoms with Crippen LogP contribution in [0, 0.1) is 0 Å². The first-order valence-electron chi connectivity index (χ1n) is 9.69. The zero-order valence-corrected chi connectivity index (χ0v) is 16.5. The summed E-state index contributed by atoms with van der Waals surface area (Å²) >= 11 is 0. The van der Waals surface area contributed by atoms with Crippen molar-refractivity contribution in [2.24, 2.45) is 5.10 Å². The molecule has 0 saturated heterocycles. The van der Waals surface area contributed by atoms with E-state index in [-0.39, 0.29) is 17.0 Å². The highest BCUT2D eigenvalue weighted by atomic mass is 19.4. The van der Waals surface area contributed by atoms with Crippen molar-refractivity contribution in [3.05, 3.63) is 83.9 Å². The highest BCUT2D eigenvalue weighted by Gasteiger charge is 2.70. The molecule has 156 valence electrons. The molecule has 3 aromatic carbocycles. The number of ether oxygens (including phenoxy) is 1. The van der Waals surface area contributed by atoms with Crippen LogP contribution in [0.5, 0.6) is 5.75 Å². The quantitative estimate of drug-likeness (QED) is 0.562. The molecule has 0 amide bonds. The van der Waals surface area contributed by atoms with E-state index in [0.717, 1.165) is 16.1 Å². The second-order valence-electron chi connectivity index (χ2n) is 7.51. The molecule has 31 heavy (non-hydrogen) atoms. The lowest BCUT2D eigenvalue weighted by Crippen LogP contribution is -2.57. The average Bonchev–Trinajstić information content (AvgIpc) is 3.30. The summed E-state index contributed by atoms with van der Waals surface area (Å²) in [7, 11) is 1.56. The lowest BCUT2D eigenvalue weighted by Gasteiger charge is -2.31. The summed E-state index contributed by atoms with van der Waals surface area (Å²) in [5.74, 6) is -0.283. The number of nitrogens with zero attached hydrogens (tertiary/aromatic N) is 2. The van der Waals surface area contributed by atoms with Gasteiger partial charge in [-0.1, -0.05) is 48.5 Å². The van der Waals surface area contributed by atoms with E-state index in [1.165, 1.54) is 12.1 Å². The minimum absolute atomic E-state index is 0.0473. The summed E-state index contributed by atoms with van der Waals surface area (Å²) in [6, 6.07) is 20.5. The van der Waals surface area contributed by atoms with Gasteiger partial charge in [0.25, 0.3) is 0 Å². The number of hydrogen-bond donors (Lipinski definition) is 0. The van der Waals surface area contributed by atoms with Crippen molar-refractivity contribution in [2.45, 2.75) is 18.1 Å². The van der Waals surface area contributed by atoms with Crippen LogP contribution in [0.3, 0.4) is 0 Å². The molecule has 0 aromatic heterocycles. The summed E-state index contributed by atoms with van der Waals surface area (Å²) in [5.41, 5.74) is -0.128. The molecule has 1 unspecified atom stereocenters. The molecule has 7 heteroatoms. The number of fused-ring (bicyclic) bond motifs is 3. The molecule has 4 nitrogen and oxygen atoms in total. The van der Waals surface area contributed by atoms with E-state index < -0.39 is 23.9 Å². The highest BCUT2D eigenvalue weighted by Crippen LogP contribution is 2.53. The molecule has 5 rings (SSSR count). The van der Waals surface area contributed by atoms with Gasteiger partial charge in [-0.3, -0.25) is 4.79 Å². The Morgan fingerprint density at radius 1 is 0.903 bits per heavy atom. The van der Waals surface area contributed by atoms with Crippen molar-refractivity contribution in [1.29, 1.82) is 0 Å². The van der Waals surface area contributed by atoms with E-state index in [4.69, 9.17) is 4.74 Å². The first-order valence-corrected chi connectivity index (χ1v) is 9.69. The van der Waals surface area contributed by atoms with Gasteiger partial charge in [-0.2, -0.15) is 18.3 Å². The molecule has 2 aliphatic heterocycles. The SMILES string of the molecule is COc1ccc(-c2ccccc2C2=NN3c4ccccc4C(=O)C3(C(F)(F)F)C2)cc1. The molecule has 3 aromatic rings. The summed E-state index contributed by atoms with van der Waals surface area (Å²) in [5, 5.41) is 5.22. The fraction of sp³-hybridized carbons (Fsp3) is 0.167. The third kappa shape index (κ3) is 2.69. The van der Waals surface area contributed by atoms with Crippen LogP contribution in [-0.2, 0) is 0 Å². The number of halogens is 3. The van der Waals surface area contributed by atoms with Crippen molar-refractivity contribution < 1.29 is 22.7 Å². The number of Topliss-reactive ketones (excluding diaryl/α,β-unsaturated/α-hetero) is 1. The molecule has 1 atom stereocenters. The fourth-order valence-corrected chi connectivity index (χ4v) is 4.32. The van der Waals surface area contributed by atoms with E-state index >= 15 is 0 Å². The van der Waals surface area contributed by atoms with Gasteiger partial charge in [0, 0.05) is 17.5 Å². The van der Waals surface area contributed by atoms with Crippen LogP contribution in [-0.4, -0.2) is 30.3 Å². The van der Waals surface area contributed by atoms with E-state index in [0.29, 0.717) is 11.3 Å².